The molecule has 3 rings (SSSR count). The molecule has 0 radical (unpaired) electrons. The van der Waals surface area contributed by atoms with Crippen LogP contribution in [0.3, 0.4) is 0 Å². The number of carbonyl (C=O) groups excluding carboxylic acids is 1. The normalized spacial score (nSPS) is 12.8. The van der Waals surface area contributed by atoms with Gasteiger partial charge in [0.05, 0.1) is 10.6 Å². The maximum absolute atomic E-state index is 13.2. The molecule has 0 saturated carbocycles. The second kappa shape index (κ2) is 8.56. The molecular weight excluding hydrogens is 465 g/mol. The van der Waals surface area contributed by atoms with Crippen molar-refractivity contribution in [2.75, 3.05) is 0 Å². The van der Waals surface area contributed by atoms with Gasteiger partial charge < -0.3 is 5.32 Å². The molecule has 0 aliphatic carbocycles. The maximum Gasteiger partial charge on any atom is 0.435 e. The third-order valence-electron chi connectivity index (χ3n) is 4.24. The first kappa shape index (κ1) is 22.6. The van der Waals surface area contributed by atoms with Gasteiger partial charge in [-0.3, -0.25) is 9.48 Å². The summed E-state index contributed by atoms with van der Waals surface area (Å²) in [6, 6.07) is 5.18. The highest BCUT2D eigenvalue weighted by Gasteiger charge is 2.39. The fraction of sp³-hybridized carbons (Fsp3) is 0.263. The van der Waals surface area contributed by atoms with E-state index in [4.69, 9.17) is 23.2 Å². The molecule has 0 spiro atoms. The van der Waals surface area contributed by atoms with Gasteiger partial charge in [0.25, 0.3) is 5.91 Å². The van der Waals surface area contributed by atoms with Crippen LogP contribution in [0.4, 0.5) is 17.6 Å². The summed E-state index contributed by atoms with van der Waals surface area (Å²) < 4.78 is 53.9. The van der Waals surface area contributed by atoms with Crippen LogP contribution in [0.2, 0.25) is 9.36 Å². The Morgan fingerprint density at radius 1 is 1.27 bits per heavy atom. The molecule has 1 unspecified atom stereocenters. The van der Waals surface area contributed by atoms with Gasteiger partial charge in [-0.1, -0.05) is 35.3 Å². The van der Waals surface area contributed by atoms with Crippen LogP contribution in [-0.4, -0.2) is 21.7 Å². The smallest absolute Gasteiger partial charge is 0.349 e. The van der Waals surface area contributed by atoms with Crippen molar-refractivity contribution in [1.82, 2.24) is 15.1 Å². The van der Waals surface area contributed by atoms with Gasteiger partial charge in [0.1, 0.15) is 10.2 Å². The van der Waals surface area contributed by atoms with Crippen LogP contribution >= 0.6 is 34.5 Å². The highest BCUT2D eigenvalue weighted by atomic mass is 35.5. The first-order valence-electron chi connectivity index (χ1n) is 8.61. The number of halogens is 6. The van der Waals surface area contributed by atoms with Gasteiger partial charge in [-0.15, -0.1) is 11.3 Å². The van der Waals surface area contributed by atoms with E-state index in [0.29, 0.717) is 25.4 Å². The maximum atomic E-state index is 13.2. The van der Waals surface area contributed by atoms with Gasteiger partial charge in [-0.05, 0) is 36.6 Å². The molecule has 11 heteroatoms. The largest absolute Gasteiger partial charge is 0.435 e. The Hall–Kier alpha value is -2.10. The molecule has 160 valence electrons. The number of hydrogen-bond donors (Lipinski definition) is 1. The molecule has 0 bridgehead atoms. The van der Waals surface area contributed by atoms with E-state index in [1.54, 1.807) is 19.1 Å². The molecule has 1 atom stereocenters. The number of rotatable bonds is 5. The number of benzene rings is 1. The van der Waals surface area contributed by atoms with Crippen molar-refractivity contribution in [3.63, 3.8) is 0 Å². The molecule has 3 aromatic rings. The quantitative estimate of drug-likeness (QED) is 0.458. The summed E-state index contributed by atoms with van der Waals surface area (Å²) in [6.07, 6.45) is -3.53. The van der Waals surface area contributed by atoms with E-state index in [2.05, 4.69) is 10.4 Å². The summed E-state index contributed by atoms with van der Waals surface area (Å²) in [5.74, 6) is -1.30. The van der Waals surface area contributed by atoms with E-state index in [1.807, 2.05) is 0 Å². The number of carbonyl (C=O) groups is 1. The van der Waals surface area contributed by atoms with Crippen LogP contribution in [0.5, 0.6) is 0 Å². The second-order valence-corrected chi connectivity index (χ2v) is 8.65. The molecule has 2 aromatic heterocycles. The van der Waals surface area contributed by atoms with Crippen molar-refractivity contribution in [3.8, 4) is 10.4 Å². The van der Waals surface area contributed by atoms with Crippen molar-refractivity contribution >= 4 is 40.4 Å². The molecule has 2 heterocycles. The molecule has 4 nitrogen and oxygen atoms in total. The zero-order valence-electron chi connectivity index (χ0n) is 15.6. The van der Waals surface area contributed by atoms with E-state index in [-0.39, 0.29) is 6.42 Å². The number of hydrogen-bond acceptors (Lipinski definition) is 3. The Balaban J connectivity index is 1.83. The summed E-state index contributed by atoms with van der Waals surface area (Å²) in [7, 11) is 1.30. The van der Waals surface area contributed by atoms with E-state index >= 15 is 0 Å². The number of aromatic nitrogens is 2. The van der Waals surface area contributed by atoms with Gasteiger partial charge in [0.15, 0.2) is 5.69 Å². The van der Waals surface area contributed by atoms with Gasteiger partial charge in [0.2, 0.25) is 0 Å². The lowest BCUT2D eigenvalue weighted by Gasteiger charge is -2.15. The number of nitrogens with one attached hydrogen (secondary N) is 1. The SMILES string of the molecule is CC(Cc1c(-c2ccc(F)cc2)sc(Cl)c1Cl)NC(=O)c1cn(C)nc1C(F)(F)F. The van der Waals surface area contributed by atoms with E-state index < -0.39 is 35.2 Å². The standard InChI is InChI=1S/C19H15Cl2F4N3OS/c1-9(26-18(29)13-8-28(2)27-16(13)19(23,24)25)7-12-14(20)17(21)30-15(12)10-3-5-11(22)6-4-10/h3-6,8-9H,7H2,1-2H3,(H,26,29). The summed E-state index contributed by atoms with van der Waals surface area (Å²) in [5, 5.41) is 6.17. The molecule has 0 aliphatic heterocycles. The zero-order valence-corrected chi connectivity index (χ0v) is 18.0. The molecule has 1 N–H and O–H groups in total. The lowest BCUT2D eigenvalue weighted by Crippen LogP contribution is -2.35. The summed E-state index contributed by atoms with van der Waals surface area (Å²) in [4.78, 5) is 13.1. The number of thiophene rings is 1. The third-order valence-corrected chi connectivity index (χ3v) is 6.36. The van der Waals surface area contributed by atoms with Crippen LogP contribution in [0, 0.1) is 5.82 Å². The van der Waals surface area contributed by atoms with Crippen molar-refractivity contribution in [1.29, 1.82) is 0 Å². The first-order valence-corrected chi connectivity index (χ1v) is 10.2. The average molecular weight is 480 g/mol. The van der Waals surface area contributed by atoms with Gasteiger partial charge >= 0.3 is 6.18 Å². The minimum Gasteiger partial charge on any atom is -0.349 e. The monoisotopic (exact) mass is 479 g/mol. The van der Waals surface area contributed by atoms with Crippen LogP contribution < -0.4 is 5.32 Å². The van der Waals surface area contributed by atoms with E-state index in [1.165, 1.54) is 30.5 Å². The summed E-state index contributed by atoms with van der Waals surface area (Å²) >= 11 is 13.7. The lowest BCUT2D eigenvalue weighted by molar-refractivity contribution is -0.141. The zero-order chi connectivity index (χ0) is 22.2. The lowest BCUT2D eigenvalue weighted by atomic mass is 10.0. The van der Waals surface area contributed by atoms with E-state index in [0.717, 1.165) is 10.9 Å². The topological polar surface area (TPSA) is 46.9 Å². The number of amides is 1. The molecule has 0 fully saturated rings. The summed E-state index contributed by atoms with van der Waals surface area (Å²) in [5.41, 5.74) is -0.507. The third kappa shape index (κ3) is 4.79. The van der Waals surface area contributed by atoms with Crippen LogP contribution in [0.1, 0.15) is 28.5 Å². The predicted molar refractivity (Wildman–Crippen MR) is 109 cm³/mol. The van der Waals surface area contributed by atoms with Crippen molar-refractivity contribution in [3.05, 3.63) is 62.5 Å². The van der Waals surface area contributed by atoms with Gasteiger partial charge in [0, 0.05) is 24.2 Å². The average Bonchev–Trinajstić information content (AvgIpc) is 3.18. The molecule has 0 aliphatic rings. The Morgan fingerprint density at radius 2 is 1.90 bits per heavy atom. The number of alkyl halides is 3. The molecule has 1 aromatic carbocycles. The van der Waals surface area contributed by atoms with Crippen LogP contribution in [0.15, 0.2) is 30.5 Å². The van der Waals surface area contributed by atoms with Crippen LogP contribution in [-0.2, 0) is 19.6 Å². The van der Waals surface area contributed by atoms with Crippen molar-refractivity contribution < 1.29 is 22.4 Å². The Kier molecular flexibility index (Phi) is 6.45. The van der Waals surface area contributed by atoms with Gasteiger partial charge in [-0.2, -0.15) is 18.3 Å². The van der Waals surface area contributed by atoms with E-state index in [9.17, 15) is 22.4 Å². The number of aryl methyl sites for hydroxylation is 1. The molecular formula is C19H15Cl2F4N3OS. The molecule has 1 amide bonds. The molecule has 30 heavy (non-hydrogen) atoms. The Bertz CT molecular complexity index is 1080. The fourth-order valence-corrected chi connectivity index (χ4v) is 4.60. The second-order valence-electron chi connectivity index (χ2n) is 6.65. The van der Waals surface area contributed by atoms with Crippen LogP contribution in [0.25, 0.3) is 10.4 Å². The minimum absolute atomic E-state index is 0.210. The first-order chi connectivity index (χ1) is 14.0. The number of nitrogens with zero attached hydrogens (tertiary/aromatic N) is 2. The predicted octanol–water partition coefficient (Wildman–Crippen LogP) is 5.97. The van der Waals surface area contributed by atoms with Gasteiger partial charge in [-0.25, -0.2) is 4.39 Å². The van der Waals surface area contributed by atoms with Crippen molar-refractivity contribution in [2.45, 2.75) is 25.6 Å². The molecule has 0 saturated heterocycles. The highest BCUT2D eigenvalue weighted by molar-refractivity contribution is 7.20. The fourth-order valence-electron chi connectivity index (χ4n) is 2.95. The summed E-state index contributed by atoms with van der Waals surface area (Å²) in [6.45, 7) is 1.64. The minimum atomic E-state index is -4.75. The Morgan fingerprint density at radius 3 is 2.50 bits per heavy atom. The highest BCUT2D eigenvalue weighted by Crippen LogP contribution is 2.43. The van der Waals surface area contributed by atoms with Crippen molar-refractivity contribution in [2.24, 2.45) is 7.05 Å². The Labute approximate surface area is 183 Å².